The maximum absolute atomic E-state index is 12.7. The summed E-state index contributed by atoms with van der Waals surface area (Å²) < 4.78 is 75.8. The second kappa shape index (κ2) is 18.5. The summed E-state index contributed by atoms with van der Waals surface area (Å²) in [4.78, 5) is 1.31. The highest BCUT2D eigenvalue weighted by molar-refractivity contribution is 6.18. The summed E-state index contributed by atoms with van der Waals surface area (Å²) in [5, 5.41) is 43.6. The van der Waals surface area contributed by atoms with Crippen LogP contribution in [0, 0.1) is 0 Å². The molecule has 0 spiro atoms. The van der Waals surface area contributed by atoms with Gasteiger partial charge in [0, 0.05) is 17.0 Å². The molecule has 6 rings (SSSR count). The van der Waals surface area contributed by atoms with Crippen LogP contribution in [0.1, 0.15) is 47.2 Å². The van der Waals surface area contributed by atoms with E-state index in [1.807, 2.05) is 48.5 Å². The van der Waals surface area contributed by atoms with Crippen LogP contribution in [-0.2, 0) is 31.7 Å². The zero-order chi connectivity index (χ0) is 38.6. The monoisotopic (exact) mass is 760 g/mol. The highest BCUT2D eigenvalue weighted by atomic mass is 35.5. The lowest BCUT2D eigenvalue weighted by molar-refractivity contribution is -0.138. The van der Waals surface area contributed by atoms with E-state index in [0.717, 1.165) is 57.6 Å². The Morgan fingerprint density at radius 2 is 1.11 bits per heavy atom. The summed E-state index contributed by atoms with van der Waals surface area (Å²) in [7, 11) is 0. The molecule has 53 heavy (non-hydrogen) atoms. The van der Waals surface area contributed by atoms with Crippen molar-refractivity contribution in [3.05, 3.63) is 130 Å². The van der Waals surface area contributed by atoms with Gasteiger partial charge < -0.3 is 10.2 Å². The van der Waals surface area contributed by atoms with Crippen molar-refractivity contribution in [3.63, 3.8) is 0 Å². The normalized spacial score (nSPS) is 12.6. The molecule has 0 saturated heterocycles. The molecule has 2 heterocycles. The smallest absolute Gasteiger partial charge is 0.392 e. The zero-order valence-corrected chi connectivity index (χ0v) is 29.1. The fourth-order valence-electron chi connectivity index (χ4n) is 4.79. The molecule has 0 aliphatic carbocycles. The van der Waals surface area contributed by atoms with E-state index in [9.17, 15) is 31.4 Å². The lowest BCUT2D eigenvalue weighted by atomic mass is 9.98. The van der Waals surface area contributed by atoms with Crippen LogP contribution < -0.4 is 0 Å². The average molecular weight is 761 g/mol. The molecule has 0 radical (unpaired) electrons. The number of H-pyrrole nitrogens is 1. The average Bonchev–Trinajstić information content (AvgIpc) is 3.82. The van der Waals surface area contributed by atoms with Gasteiger partial charge >= 0.3 is 12.4 Å². The number of aliphatic hydroxyl groups excluding tert-OH is 2. The number of aliphatic hydroxyl groups is 2. The minimum atomic E-state index is -4.34. The molecule has 0 saturated carbocycles. The molecule has 0 amide bonds. The van der Waals surface area contributed by atoms with Gasteiger partial charge in [-0.2, -0.15) is 36.4 Å². The number of hydrogen-bond donors (Lipinski definition) is 3. The summed E-state index contributed by atoms with van der Waals surface area (Å²) in [5.41, 5.74) is 3.57. The van der Waals surface area contributed by atoms with Crippen molar-refractivity contribution in [2.45, 2.75) is 57.8 Å². The molecule has 17 heteroatoms. The number of alkyl halides is 7. The minimum absolute atomic E-state index is 0.230. The molecule has 0 fully saturated rings. The first kappa shape index (κ1) is 40.6. The molecular formula is C36H35ClF6N8O2. The van der Waals surface area contributed by atoms with Crippen LogP contribution in [0.15, 0.2) is 97.1 Å². The van der Waals surface area contributed by atoms with Crippen molar-refractivity contribution >= 4 is 11.6 Å². The summed E-state index contributed by atoms with van der Waals surface area (Å²) in [6.07, 6.45) is -8.68. The van der Waals surface area contributed by atoms with Crippen LogP contribution in [-0.4, -0.2) is 69.1 Å². The van der Waals surface area contributed by atoms with E-state index in [-0.39, 0.29) is 12.6 Å². The van der Waals surface area contributed by atoms with E-state index < -0.39 is 29.6 Å². The molecule has 0 bridgehead atoms. The number of benzene rings is 4. The van der Waals surface area contributed by atoms with Crippen molar-refractivity contribution in [2.75, 3.05) is 5.88 Å². The highest BCUT2D eigenvalue weighted by Gasteiger charge is 2.30. The van der Waals surface area contributed by atoms with Gasteiger partial charge in [-0.3, -0.25) is 0 Å². The third-order valence-corrected chi connectivity index (χ3v) is 7.76. The summed E-state index contributed by atoms with van der Waals surface area (Å²) in [6.45, 7) is 3.50. The predicted molar refractivity (Wildman–Crippen MR) is 185 cm³/mol. The first-order valence-electron chi connectivity index (χ1n) is 16.1. The van der Waals surface area contributed by atoms with Gasteiger partial charge in [0.05, 0.1) is 29.9 Å². The fraction of sp³-hybridized carbons (Fsp3) is 0.278. The van der Waals surface area contributed by atoms with Crippen LogP contribution in [0.3, 0.4) is 0 Å². The number of nitrogens with zero attached hydrogens (tertiary/aromatic N) is 7. The minimum Gasteiger partial charge on any atom is -0.392 e. The van der Waals surface area contributed by atoms with E-state index in [2.05, 4.69) is 36.0 Å². The number of tetrazole rings is 2. The van der Waals surface area contributed by atoms with E-state index in [1.165, 1.54) is 29.1 Å². The summed E-state index contributed by atoms with van der Waals surface area (Å²) in [6, 6.07) is 25.1. The Morgan fingerprint density at radius 3 is 1.51 bits per heavy atom. The molecular weight excluding hydrogens is 726 g/mol. The molecule has 0 aliphatic rings. The van der Waals surface area contributed by atoms with Crippen LogP contribution in [0.25, 0.3) is 22.8 Å². The zero-order valence-electron chi connectivity index (χ0n) is 28.4. The second-order valence-electron chi connectivity index (χ2n) is 11.8. The van der Waals surface area contributed by atoms with Crippen LogP contribution in [0.4, 0.5) is 26.3 Å². The molecule has 2 aromatic heterocycles. The quantitative estimate of drug-likeness (QED) is 0.102. The van der Waals surface area contributed by atoms with Crippen LogP contribution in [0.2, 0.25) is 0 Å². The predicted octanol–water partition coefficient (Wildman–Crippen LogP) is 7.41. The number of nitrogens with one attached hydrogen (secondary N) is 1. The van der Waals surface area contributed by atoms with Crippen molar-refractivity contribution in [1.29, 1.82) is 0 Å². The molecule has 280 valence electrons. The van der Waals surface area contributed by atoms with E-state index in [4.69, 9.17) is 16.7 Å². The van der Waals surface area contributed by atoms with Gasteiger partial charge in [-0.25, -0.2) is 0 Å². The number of hydrogen-bond acceptors (Lipinski definition) is 8. The fourth-order valence-corrected chi connectivity index (χ4v) is 4.79. The SMILES string of the molecule is CC(O)CCl.CC(O)Cn1nnc(-c2ccccc2Cc2ccc(C(F)(F)F)cc2)n1.FC(F)(F)c1ccc(Cc2ccccc2-c2nn[nH]n2)cc1. The van der Waals surface area contributed by atoms with Gasteiger partial charge in [0.25, 0.3) is 0 Å². The lowest BCUT2D eigenvalue weighted by Crippen LogP contribution is -2.14. The molecule has 4 aromatic carbocycles. The van der Waals surface area contributed by atoms with Crippen molar-refractivity contribution in [3.8, 4) is 22.8 Å². The van der Waals surface area contributed by atoms with Gasteiger partial charge in [-0.1, -0.05) is 72.8 Å². The largest absolute Gasteiger partial charge is 0.416 e. The van der Waals surface area contributed by atoms with Crippen molar-refractivity contribution in [2.24, 2.45) is 0 Å². The molecule has 6 aromatic rings. The van der Waals surface area contributed by atoms with Crippen LogP contribution >= 0.6 is 11.6 Å². The topological polar surface area (TPSA) is 139 Å². The van der Waals surface area contributed by atoms with E-state index in [1.54, 1.807) is 13.8 Å². The van der Waals surface area contributed by atoms with Gasteiger partial charge in [0.2, 0.25) is 11.6 Å². The Kier molecular flexibility index (Phi) is 14.2. The molecule has 2 unspecified atom stereocenters. The molecule has 3 N–H and O–H groups in total. The Morgan fingerprint density at radius 1 is 0.660 bits per heavy atom. The van der Waals surface area contributed by atoms with Gasteiger partial charge in [-0.15, -0.1) is 32.0 Å². The lowest BCUT2D eigenvalue weighted by Gasteiger charge is -2.09. The Balaban J connectivity index is 0.000000212. The number of aromatic amines is 1. The highest BCUT2D eigenvalue weighted by Crippen LogP contribution is 2.31. The number of halogens is 7. The van der Waals surface area contributed by atoms with Crippen molar-refractivity contribution < 1.29 is 36.6 Å². The second-order valence-corrected chi connectivity index (χ2v) is 12.1. The third-order valence-electron chi connectivity index (χ3n) is 7.32. The summed E-state index contributed by atoms with van der Waals surface area (Å²) >= 11 is 5.09. The maximum Gasteiger partial charge on any atom is 0.416 e. The molecule has 2 atom stereocenters. The maximum atomic E-state index is 12.7. The van der Waals surface area contributed by atoms with Gasteiger partial charge in [0.1, 0.15) is 0 Å². The van der Waals surface area contributed by atoms with Crippen molar-refractivity contribution in [1.82, 2.24) is 40.8 Å². The number of aromatic nitrogens is 8. The third kappa shape index (κ3) is 12.5. The van der Waals surface area contributed by atoms with E-state index >= 15 is 0 Å². The standard InChI is InChI=1S/C18H17F3N4O.C15H11F3N4.C3H7ClO/c1-12(26)11-25-23-17(22-24-25)16-5-3-2-4-14(16)10-13-6-8-15(9-7-13)18(19,20)21;16-15(17,18)12-7-5-10(6-8-12)9-11-3-1-2-4-13(11)14-19-21-22-20-14;1-3(5)2-4/h2-9,12,26H,10-11H2,1H3;1-8H,9H2,(H,19,20,21,22);3,5H,2H2,1H3. The number of rotatable bonds is 9. The molecule has 10 nitrogen and oxygen atoms in total. The molecule has 0 aliphatic heterocycles. The van der Waals surface area contributed by atoms with E-state index in [0.29, 0.717) is 30.4 Å². The Bertz CT molecular complexity index is 1980. The van der Waals surface area contributed by atoms with Crippen LogP contribution in [0.5, 0.6) is 0 Å². The Labute approximate surface area is 305 Å². The van der Waals surface area contributed by atoms with Gasteiger partial charge in [0.15, 0.2) is 0 Å². The first-order valence-corrected chi connectivity index (χ1v) is 16.6. The summed E-state index contributed by atoms with van der Waals surface area (Å²) in [5.74, 6) is 1.20. The first-order chi connectivity index (χ1) is 25.1. The Hall–Kier alpha value is -5.19. The van der Waals surface area contributed by atoms with Gasteiger partial charge in [-0.05, 0) is 83.6 Å².